The van der Waals surface area contributed by atoms with Crippen molar-refractivity contribution in [3.63, 3.8) is 0 Å². The Morgan fingerprint density at radius 2 is 2.19 bits per heavy atom. The van der Waals surface area contributed by atoms with E-state index in [1.54, 1.807) is 0 Å². The monoisotopic (exact) mass is 310 g/mol. The first-order valence-electron chi connectivity index (χ1n) is 7.75. The number of rotatable bonds is 5. The maximum absolute atomic E-state index is 6.23. The highest BCUT2D eigenvalue weighted by Crippen LogP contribution is 2.32. The number of hydrogen-bond acceptors (Lipinski definition) is 3. The summed E-state index contributed by atoms with van der Waals surface area (Å²) in [7, 11) is 1.81. The minimum Gasteiger partial charge on any atom is -0.377 e. The normalized spacial score (nSPS) is 22.9. The van der Waals surface area contributed by atoms with Crippen molar-refractivity contribution in [1.29, 1.82) is 0 Å². The van der Waals surface area contributed by atoms with Crippen molar-refractivity contribution in [2.24, 2.45) is 0 Å². The molecule has 1 unspecified atom stereocenters. The number of hydrogen-bond donors (Lipinski definition) is 1. The lowest BCUT2D eigenvalue weighted by molar-refractivity contribution is -0.00468. The van der Waals surface area contributed by atoms with Crippen LogP contribution in [0.5, 0.6) is 0 Å². The summed E-state index contributed by atoms with van der Waals surface area (Å²) in [6.07, 6.45) is 2.26. The Bertz CT molecular complexity index is 478. The maximum atomic E-state index is 6.23. The molecule has 1 atom stereocenters. The molecule has 118 valence electrons. The molecule has 0 saturated carbocycles. The summed E-state index contributed by atoms with van der Waals surface area (Å²) in [5.74, 6) is 0. The average molecular weight is 311 g/mol. The van der Waals surface area contributed by atoms with E-state index < -0.39 is 0 Å². The topological polar surface area (TPSA) is 24.5 Å². The molecule has 1 aromatic rings. The van der Waals surface area contributed by atoms with E-state index in [1.165, 1.54) is 11.3 Å². The number of benzene rings is 1. The van der Waals surface area contributed by atoms with Crippen LogP contribution >= 0.6 is 11.6 Å². The first-order valence-corrected chi connectivity index (χ1v) is 8.13. The molecule has 1 fully saturated rings. The molecule has 1 aliphatic heterocycles. The smallest absolute Gasteiger partial charge is 0.0825 e. The Kier molecular flexibility index (Phi) is 5.53. The standard InChI is InChI=1S/C17H27ClN2O/c1-13(2)19-11-14-6-7-15(18)10-16(14)20-9-5-8-17(3,12-20)21-4/h6-7,10,13,19H,5,8-9,11-12H2,1-4H3. The van der Waals surface area contributed by atoms with Gasteiger partial charge in [0.05, 0.1) is 5.60 Å². The molecule has 21 heavy (non-hydrogen) atoms. The molecule has 0 spiro atoms. The van der Waals surface area contributed by atoms with Gasteiger partial charge in [0, 0.05) is 43.5 Å². The van der Waals surface area contributed by atoms with Crippen LogP contribution in [-0.4, -0.2) is 31.8 Å². The molecule has 1 N–H and O–H groups in total. The summed E-state index contributed by atoms with van der Waals surface area (Å²) < 4.78 is 5.71. The van der Waals surface area contributed by atoms with Crippen molar-refractivity contribution in [3.8, 4) is 0 Å². The molecule has 2 rings (SSSR count). The SMILES string of the molecule is COC1(C)CCCN(c2cc(Cl)ccc2CNC(C)C)C1. The molecule has 3 nitrogen and oxygen atoms in total. The molecule has 1 heterocycles. The largest absolute Gasteiger partial charge is 0.377 e. The van der Waals surface area contributed by atoms with E-state index in [0.29, 0.717) is 6.04 Å². The van der Waals surface area contributed by atoms with Crippen molar-refractivity contribution in [1.82, 2.24) is 5.32 Å². The number of methoxy groups -OCH3 is 1. The van der Waals surface area contributed by atoms with Gasteiger partial charge in [0.2, 0.25) is 0 Å². The molecule has 1 saturated heterocycles. The van der Waals surface area contributed by atoms with Crippen LogP contribution < -0.4 is 10.2 Å². The Hall–Kier alpha value is -0.770. The number of anilines is 1. The van der Waals surface area contributed by atoms with Crippen LogP contribution in [0.2, 0.25) is 5.02 Å². The first kappa shape index (κ1) is 16.6. The van der Waals surface area contributed by atoms with Gasteiger partial charge >= 0.3 is 0 Å². The van der Waals surface area contributed by atoms with Crippen LogP contribution in [0.3, 0.4) is 0 Å². The second-order valence-electron chi connectivity index (χ2n) is 6.49. The van der Waals surface area contributed by atoms with Crippen LogP contribution in [0.4, 0.5) is 5.69 Å². The van der Waals surface area contributed by atoms with Gasteiger partial charge in [-0.2, -0.15) is 0 Å². The highest BCUT2D eigenvalue weighted by atomic mass is 35.5. The van der Waals surface area contributed by atoms with Crippen molar-refractivity contribution in [2.45, 2.75) is 51.8 Å². The quantitative estimate of drug-likeness (QED) is 0.894. The average Bonchev–Trinajstić information content (AvgIpc) is 2.46. The van der Waals surface area contributed by atoms with E-state index in [9.17, 15) is 0 Å². The predicted molar refractivity (Wildman–Crippen MR) is 90.3 cm³/mol. The van der Waals surface area contributed by atoms with E-state index in [4.69, 9.17) is 16.3 Å². The Balaban J connectivity index is 2.22. The van der Waals surface area contributed by atoms with E-state index in [-0.39, 0.29) is 5.60 Å². The summed E-state index contributed by atoms with van der Waals surface area (Å²) in [5.41, 5.74) is 2.47. The van der Waals surface area contributed by atoms with Crippen molar-refractivity contribution >= 4 is 17.3 Å². The summed E-state index contributed by atoms with van der Waals surface area (Å²) in [6.45, 7) is 9.36. The number of nitrogens with zero attached hydrogens (tertiary/aromatic N) is 1. The third-order valence-corrected chi connectivity index (χ3v) is 4.48. The third-order valence-electron chi connectivity index (χ3n) is 4.24. The predicted octanol–water partition coefficient (Wildman–Crippen LogP) is 3.84. The van der Waals surface area contributed by atoms with Crippen molar-refractivity contribution in [3.05, 3.63) is 28.8 Å². The van der Waals surface area contributed by atoms with Crippen molar-refractivity contribution in [2.75, 3.05) is 25.1 Å². The summed E-state index contributed by atoms with van der Waals surface area (Å²) in [4.78, 5) is 2.41. The lowest BCUT2D eigenvalue weighted by atomic mass is 9.93. The van der Waals surface area contributed by atoms with Crippen molar-refractivity contribution < 1.29 is 4.74 Å². The van der Waals surface area contributed by atoms with E-state index in [0.717, 1.165) is 37.5 Å². The Morgan fingerprint density at radius 1 is 1.43 bits per heavy atom. The number of piperidine rings is 1. The lowest BCUT2D eigenvalue weighted by Gasteiger charge is -2.41. The fourth-order valence-corrected chi connectivity index (χ4v) is 3.04. The second-order valence-corrected chi connectivity index (χ2v) is 6.92. The zero-order chi connectivity index (χ0) is 15.5. The van der Waals surface area contributed by atoms with Gasteiger partial charge in [-0.25, -0.2) is 0 Å². The van der Waals surface area contributed by atoms with Crippen LogP contribution in [-0.2, 0) is 11.3 Å². The fraction of sp³-hybridized carbons (Fsp3) is 0.647. The van der Waals surface area contributed by atoms with Gasteiger partial charge in [-0.3, -0.25) is 0 Å². The number of nitrogens with one attached hydrogen (secondary N) is 1. The minimum absolute atomic E-state index is 0.0662. The molecule has 0 aliphatic carbocycles. The van der Waals surface area contributed by atoms with E-state index >= 15 is 0 Å². The Morgan fingerprint density at radius 3 is 2.86 bits per heavy atom. The third kappa shape index (κ3) is 4.35. The summed E-state index contributed by atoms with van der Waals surface area (Å²) in [6, 6.07) is 6.66. The molecular weight excluding hydrogens is 284 g/mol. The molecule has 0 radical (unpaired) electrons. The van der Waals surface area contributed by atoms with Crippen LogP contribution in [0.1, 0.15) is 39.2 Å². The van der Waals surface area contributed by atoms with Gasteiger partial charge in [-0.05, 0) is 37.5 Å². The molecule has 0 aromatic heterocycles. The van der Waals surface area contributed by atoms with E-state index in [1.807, 2.05) is 13.2 Å². The highest BCUT2D eigenvalue weighted by Gasteiger charge is 2.31. The highest BCUT2D eigenvalue weighted by molar-refractivity contribution is 6.30. The van der Waals surface area contributed by atoms with Crippen LogP contribution in [0, 0.1) is 0 Å². The van der Waals surface area contributed by atoms with Gasteiger partial charge in [0.15, 0.2) is 0 Å². The van der Waals surface area contributed by atoms with E-state index in [2.05, 4.69) is 43.1 Å². The molecular formula is C17H27ClN2O. The molecule has 1 aromatic carbocycles. The molecule has 4 heteroatoms. The Labute approximate surface area is 133 Å². The zero-order valence-electron chi connectivity index (χ0n) is 13.6. The number of halogens is 1. The minimum atomic E-state index is -0.0662. The summed E-state index contributed by atoms with van der Waals surface area (Å²) in [5, 5.41) is 4.29. The maximum Gasteiger partial charge on any atom is 0.0825 e. The zero-order valence-corrected chi connectivity index (χ0v) is 14.3. The van der Waals surface area contributed by atoms with Gasteiger partial charge in [0.1, 0.15) is 0 Å². The number of ether oxygens (including phenoxy) is 1. The van der Waals surface area contributed by atoms with Gasteiger partial charge < -0.3 is 15.0 Å². The second kappa shape index (κ2) is 6.99. The lowest BCUT2D eigenvalue weighted by Crippen LogP contribution is -2.47. The van der Waals surface area contributed by atoms with Gasteiger partial charge in [-0.1, -0.05) is 31.5 Å². The molecule has 1 aliphatic rings. The first-order chi connectivity index (χ1) is 9.93. The molecule has 0 bridgehead atoms. The van der Waals surface area contributed by atoms with Gasteiger partial charge in [0.25, 0.3) is 0 Å². The van der Waals surface area contributed by atoms with Gasteiger partial charge in [-0.15, -0.1) is 0 Å². The molecule has 0 amide bonds. The fourth-order valence-electron chi connectivity index (χ4n) is 2.87. The van der Waals surface area contributed by atoms with Crippen LogP contribution in [0.25, 0.3) is 0 Å². The summed E-state index contributed by atoms with van der Waals surface area (Å²) >= 11 is 6.23. The van der Waals surface area contributed by atoms with Crippen LogP contribution in [0.15, 0.2) is 18.2 Å².